The molecule has 0 spiro atoms. The molecule has 0 atom stereocenters. The van der Waals surface area contributed by atoms with Crippen LogP contribution in [0.3, 0.4) is 0 Å². The molecule has 0 fully saturated rings. The lowest BCUT2D eigenvalue weighted by atomic mass is 10.1. The van der Waals surface area contributed by atoms with E-state index in [1.807, 2.05) is 0 Å². The lowest BCUT2D eigenvalue weighted by molar-refractivity contribution is 0.0697. The van der Waals surface area contributed by atoms with Crippen LogP contribution in [0.4, 0.5) is 5.69 Å². The fourth-order valence-electron chi connectivity index (χ4n) is 1.37. The van der Waals surface area contributed by atoms with E-state index >= 15 is 0 Å². The number of rotatable bonds is 6. The Morgan fingerprint density at radius 3 is 2.32 bits per heavy atom. The normalized spacial score (nSPS) is 11.6. The van der Waals surface area contributed by atoms with Crippen LogP contribution in [0.15, 0.2) is 23.1 Å². The summed E-state index contributed by atoms with van der Waals surface area (Å²) >= 11 is 0. The second-order valence-corrected chi connectivity index (χ2v) is 5.33. The first-order chi connectivity index (χ1) is 8.79. The van der Waals surface area contributed by atoms with Crippen molar-refractivity contribution >= 4 is 21.7 Å². The highest BCUT2D eigenvalue weighted by atomic mass is 32.2. The molecule has 9 heteroatoms. The minimum absolute atomic E-state index is 0.0769. The maximum Gasteiger partial charge on any atom is 0.337 e. The summed E-state index contributed by atoms with van der Waals surface area (Å²) in [6.07, 6.45) is 0. The average Bonchev–Trinajstić information content (AvgIpc) is 2.34. The van der Waals surface area contributed by atoms with Gasteiger partial charge in [0.05, 0.1) is 29.7 Å². The summed E-state index contributed by atoms with van der Waals surface area (Å²) < 4.78 is 22.3. The molecule has 0 aliphatic carbocycles. The summed E-state index contributed by atoms with van der Waals surface area (Å²) in [6.45, 7) is -0.820. The molecule has 0 bridgehead atoms. The van der Waals surface area contributed by atoms with Gasteiger partial charge in [0.15, 0.2) is 0 Å². The van der Waals surface area contributed by atoms with E-state index in [2.05, 4.69) is 5.32 Å². The second kappa shape index (κ2) is 5.97. The molecular weight excluding hydrogens is 276 g/mol. The molecule has 0 heterocycles. The van der Waals surface area contributed by atoms with Crippen LogP contribution in [0.25, 0.3) is 0 Å². The van der Waals surface area contributed by atoms with E-state index < -0.39 is 35.2 Å². The SMILES string of the molecule is NS(=O)(=O)c1ccc(NC(CO)CO)c(C(=O)O)c1. The zero-order chi connectivity index (χ0) is 14.6. The third kappa shape index (κ3) is 3.89. The van der Waals surface area contributed by atoms with Crippen molar-refractivity contribution in [2.24, 2.45) is 5.14 Å². The first-order valence-corrected chi connectivity index (χ1v) is 6.72. The van der Waals surface area contributed by atoms with Gasteiger partial charge in [0, 0.05) is 5.69 Å². The van der Waals surface area contributed by atoms with Gasteiger partial charge >= 0.3 is 5.97 Å². The van der Waals surface area contributed by atoms with Crippen LogP contribution in [0.1, 0.15) is 10.4 Å². The van der Waals surface area contributed by atoms with Gasteiger partial charge in [-0.3, -0.25) is 0 Å². The highest BCUT2D eigenvalue weighted by Crippen LogP contribution is 2.20. The van der Waals surface area contributed by atoms with Gasteiger partial charge in [-0.25, -0.2) is 18.4 Å². The molecule has 0 aliphatic rings. The number of aromatic carboxylic acids is 1. The Morgan fingerprint density at radius 2 is 1.89 bits per heavy atom. The van der Waals surface area contributed by atoms with Gasteiger partial charge in [-0.15, -0.1) is 0 Å². The van der Waals surface area contributed by atoms with Crippen molar-refractivity contribution in [2.45, 2.75) is 10.9 Å². The zero-order valence-corrected chi connectivity index (χ0v) is 10.6. The molecule has 0 unspecified atom stereocenters. The molecule has 0 saturated carbocycles. The van der Waals surface area contributed by atoms with E-state index in [-0.39, 0.29) is 16.1 Å². The summed E-state index contributed by atoms with van der Waals surface area (Å²) in [5.41, 5.74) is -0.244. The average molecular weight is 290 g/mol. The van der Waals surface area contributed by atoms with E-state index in [0.717, 1.165) is 12.1 Å². The zero-order valence-electron chi connectivity index (χ0n) is 9.78. The van der Waals surface area contributed by atoms with Gasteiger partial charge in [0.2, 0.25) is 10.0 Å². The number of primary sulfonamides is 1. The number of nitrogens with two attached hydrogens (primary N) is 1. The van der Waals surface area contributed by atoms with Crippen molar-refractivity contribution < 1.29 is 28.5 Å². The van der Waals surface area contributed by atoms with E-state index in [0.29, 0.717) is 0 Å². The molecule has 1 aromatic carbocycles. The van der Waals surface area contributed by atoms with Crippen molar-refractivity contribution in [1.29, 1.82) is 0 Å². The maximum atomic E-state index is 11.1. The van der Waals surface area contributed by atoms with Crippen LogP contribution in [0.2, 0.25) is 0 Å². The van der Waals surface area contributed by atoms with Gasteiger partial charge in [0.1, 0.15) is 0 Å². The van der Waals surface area contributed by atoms with Crippen molar-refractivity contribution in [3.05, 3.63) is 23.8 Å². The molecule has 6 N–H and O–H groups in total. The van der Waals surface area contributed by atoms with Crippen LogP contribution >= 0.6 is 0 Å². The fourth-order valence-corrected chi connectivity index (χ4v) is 1.91. The van der Waals surface area contributed by atoms with Crippen LogP contribution in [0.5, 0.6) is 0 Å². The van der Waals surface area contributed by atoms with Gasteiger partial charge < -0.3 is 20.6 Å². The highest BCUT2D eigenvalue weighted by Gasteiger charge is 2.17. The minimum atomic E-state index is -4.01. The van der Waals surface area contributed by atoms with Crippen LogP contribution < -0.4 is 10.5 Å². The van der Waals surface area contributed by atoms with Crippen LogP contribution in [-0.2, 0) is 10.0 Å². The Morgan fingerprint density at radius 1 is 1.32 bits per heavy atom. The molecule has 1 rings (SSSR count). The predicted octanol–water partition coefficient (Wildman–Crippen LogP) is -1.20. The summed E-state index contributed by atoms with van der Waals surface area (Å²) in [4.78, 5) is 10.7. The third-order valence-electron chi connectivity index (χ3n) is 2.35. The largest absolute Gasteiger partial charge is 0.478 e. The third-order valence-corrected chi connectivity index (χ3v) is 3.26. The van der Waals surface area contributed by atoms with E-state index in [1.165, 1.54) is 6.07 Å². The molecule has 19 heavy (non-hydrogen) atoms. The second-order valence-electron chi connectivity index (χ2n) is 3.76. The van der Waals surface area contributed by atoms with Gasteiger partial charge in [-0.2, -0.15) is 0 Å². The number of sulfonamides is 1. The number of carboxylic acid groups (broad SMARTS) is 1. The molecule has 1 aromatic rings. The number of carbonyl (C=O) groups is 1. The molecule has 106 valence electrons. The van der Waals surface area contributed by atoms with Crippen molar-refractivity contribution in [3.8, 4) is 0 Å². The fraction of sp³-hybridized carbons (Fsp3) is 0.300. The Bertz CT molecular complexity index is 567. The molecular formula is C10H14N2O6S. The molecule has 0 aromatic heterocycles. The number of benzene rings is 1. The molecule has 0 radical (unpaired) electrons. The Hall–Kier alpha value is -1.68. The molecule has 0 amide bonds. The molecule has 0 aliphatic heterocycles. The van der Waals surface area contributed by atoms with Crippen molar-refractivity contribution in [2.75, 3.05) is 18.5 Å². The summed E-state index contributed by atoms with van der Waals surface area (Å²) in [6, 6.07) is 2.50. The van der Waals surface area contributed by atoms with Crippen molar-refractivity contribution in [3.63, 3.8) is 0 Å². The smallest absolute Gasteiger partial charge is 0.337 e. The first-order valence-electron chi connectivity index (χ1n) is 5.18. The number of hydrogen-bond donors (Lipinski definition) is 5. The van der Waals surface area contributed by atoms with Gasteiger partial charge in [0.25, 0.3) is 0 Å². The quantitative estimate of drug-likeness (QED) is 0.441. The molecule has 0 saturated heterocycles. The lowest BCUT2D eigenvalue weighted by Gasteiger charge is -2.17. The summed E-state index contributed by atoms with van der Waals surface area (Å²) in [5.74, 6) is -1.36. The van der Waals surface area contributed by atoms with E-state index in [9.17, 15) is 13.2 Å². The number of anilines is 1. The van der Waals surface area contributed by atoms with Gasteiger partial charge in [-0.05, 0) is 18.2 Å². The van der Waals surface area contributed by atoms with Crippen molar-refractivity contribution in [1.82, 2.24) is 0 Å². The monoisotopic (exact) mass is 290 g/mol. The minimum Gasteiger partial charge on any atom is -0.478 e. The summed E-state index contributed by atoms with van der Waals surface area (Å²) in [7, 11) is -4.01. The highest BCUT2D eigenvalue weighted by molar-refractivity contribution is 7.89. The Labute approximate surface area is 109 Å². The molecule has 8 nitrogen and oxygen atoms in total. The number of carboxylic acids is 1. The lowest BCUT2D eigenvalue weighted by Crippen LogP contribution is -2.28. The summed E-state index contributed by atoms with van der Waals surface area (Å²) in [5, 5.41) is 34.3. The van der Waals surface area contributed by atoms with Crippen LogP contribution in [-0.4, -0.2) is 49.0 Å². The Balaban J connectivity index is 3.23. The first kappa shape index (κ1) is 15.4. The maximum absolute atomic E-state index is 11.1. The standard InChI is InChI=1S/C10H14N2O6S/c11-19(17,18)7-1-2-9(8(3-7)10(15)16)12-6(4-13)5-14/h1-3,6,12-14H,4-5H2,(H,15,16)(H2,11,17,18). The number of aliphatic hydroxyl groups excluding tert-OH is 2. The predicted molar refractivity (Wildman–Crippen MR) is 66.4 cm³/mol. The number of hydrogen-bond acceptors (Lipinski definition) is 6. The van der Waals surface area contributed by atoms with Gasteiger partial charge in [-0.1, -0.05) is 0 Å². The number of aliphatic hydroxyl groups is 2. The van der Waals surface area contributed by atoms with E-state index in [4.69, 9.17) is 20.5 Å². The van der Waals surface area contributed by atoms with Crippen LogP contribution in [0, 0.1) is 0 Å². The number of nitrogens with one attached hydrogen (secondary N) is 1. The van der Waals surface area contributed by atoms with E-state index in [1.54, 1.807) is 0 Å². The topological polar surface area (TPSA) is 150 Å². The Kier molecular flexibility index (Phi) is 4.84.